The summed E-state index contributed by atoms with van der Waals surface area (Å²) < 4.78 is 43.1. The van der Waals surface area contributed by atoms with Crippen LogP contribution in [-0.4, -0.2) is 28.9 Å². The van der Waals surface area contributed by atoms with Gasteiger partial charge in [-0.3, -0.25) is 4.79 Å². The summed E-state index contributed by atoms with van der Waals surface area (Å²) in [6.45, 7) is 3.28. The molecule has 0 aliphatic rings. The molecule has 0 bridgehead atoms. The van der Waals surface area contributed by atoms with Crippen molar-refractivity contribution >= 4 is 36.2 Å². The van der Waals surface area contributed by atoms with Crippen molar-refractivity contribution in [3.63, 3.8) is 0 Å². The van der Waals surface area contributed by atoms with Crippen molar-refractivity contribution in [1.82, 2.24) is 15.2 Å². The number of hydrogen-bond acceptors (Lipinski definition) is 2. The molecule has 1 aromatic heterocycles. The largest absolute Gasteiger partial charge is 0.673 e. The van der Waals surface area contributed by atoms with Crippen LogP contribution in [0.2, 0.25) is 0 Å². The van der Waals surface area contributed by atoms with E-state index in [4.69, 9.17) is 12.2 Å². The molecule has 0 spiro atoms. The first kappa shape index (κ1) is 31.3. The molecule has 0 radical (unpaired) electrons. The maximum absolute atomic E-state index is 13.2. The molecule has 216 valence electrons. The number of rotatable bonds is 9. The van der Waals surface area contributed by atoms with Gasteiger partial charge < -0.3 is 33.2 Å². The third-order valence-corrected chi connectivity index (χ3v) is 6.08. The van der Waals surface area contributed by atoms with E-state index < -0.39 is 13.3 Å². The Labute approximate surface area is 242 Å². The molecule has 4 aromatic rings. The van der Waals surface area contributed by atoms with E-state index in [2.05, 4.69) is 44.8 Å². The summed E-state index contributed by atoms with van der Waals surface area (Å²) in [5.41, 5.74) is 5.34. The molecule has 0 aliphatic carbocycles. The van der Waals surface area contributed by atoms with Gasteiger partial charge in [-0.25, -0.2) is 9.13 Å². The second-order valence-corrected chi connectivity index (χ2v) is 9.90. The first-order valence-corrected chi connectivity index (χ1v) is 13.3. The van der Waals surface area contributed by atoms with Crippen LogP contribution in [0.1, 0.15) is 22.3 Å². The van der Waals surface area contributed by atoms with Crippen molar-refractivity contribution in [2.75, 3.05) is 5.32 Å². The number of nitrogens with zero attached hydrogens (tertiary/aromatic N) is 2. The lowest BCUT2D eigenvalue weighted by atomic mass is 10.1. The number of imidazole rings is 1. The molecule has 3 N–H and O–H groups in total. The van der Waals surface area contributed by atoms with E-state index in [1.165, 1.54) is 5.56 Å². The number of aromatic nitrogens is 2. The lowest BCUT2D eigenvalue weighted by molar-refractivity contribution is -0.671. The summed E-state index contributed by atoms with van der Waals surface area (Å²) in [5, 5.41) is 9.89. The molecule has 1 amide bonds. The van der Waals surface area contributed by atoms with E-state index in [1.807, 2.05) is 91.9 Å². The summed E-state index contributed by atoms with van der Waals surface area (Å²) >= 11 is 5.53. The lowest BCUT2D eigenvalue weighted by Crippen LogP contribution is -2.49. The minimum atomic E-state index is -6.00. The van der Waals surface area contributed by atoms with Gasteiger partial charge in [0.25, 0.3) is 0 Å². The Morgan fingerprint density at radius 2 is 1.61 bits per heavy atom. The van der Waals surface area contributed by atoms with Gasteiger partial charge >= 0.3 is 7.25 Å². The molecular weight excluding hydrogens is 553 g/mol. The number of carbonyl (C=O) groups is 1. The van der Waals surface area contributed by atoms with Crippen molar-refractivity contribution in [1.29, 1.82) is 0 Å². The first-order valence-electron chi connectivity index (χ1n) is 12.9. The van der Waals surface area contributed by atoms with Crippen LogP contribution in [0.3, 0.4) is 0 Å². The maximum Gasteiger partial charge on any atom is 0.673 e. The number of hydrogen-bond donors (Lipinski definition) is 3. The predicted octanol–water partition coefficient (Wildman–Crippen LogP) is 5.18. The highest BCUT2D eigenvalue weighted by Gasteiger charge is 2.21. The monoisotopic (exact) mass is 585 g/mol. The van der Waals surface area contributed by atoms with Crippen molar-refractivity contribution in [2.24, 2.45) is 7.05 Å². The number of amides is 1. The normalized spacial score (nSPS) is 11.6. The van der Waals surface area contributed by atoms with Crippen LogP contribution in [0.25, 0.3) is 0 Å². The number of halogens is 4. The van der Waals surface area contributed by atoms with E-state index in [0.717, 1.165) is 28.9 Å². The fraction of sp³-hybridized carbons (Fsp3) is 0.207. The van der Waals surface area contributed by atoms with E-state index in [9.17, 15) is 22.1 Å². The smallest absolute Gasteiger partial charge is 0.418 e. The van der Waals surface area contributed by atoms with Crippen LogP contribution in [0.5, 0.6) is 0 Å². The zero-order valence-corrected chi connectivity index (χ0v) is 23.6. The van der Waals surface area contributed by atoms with Crippen LogP contribution in [0.4, 0.5) is 23.0 Å². The maximum atomic E-state index is 13.2. The minimum absolute atomic E-state index is 0.101. The average molecular weight is 585 g/mol. The van der Waals surface area contributed by atoms with Gasteiger partial charge in [-0.05, 0) is 53.5 Å². The zero-order chi connectivity index (χ0) is 29.8. The van der Waals surface area contributed by atoms with Gasteiger partial charge in [0.15, 0.2) is 5.11 Å². The van der Waals surface area contributed by atoms with Crippen molar-refractivity contribution < 1.29 is 26.6 Å². The van der Waals surface area contributed by atoms with Gasteiger partial charge in [0, 0.05) is 18.7 Å². The van der Waals surface area contributed by atoms with E-state index >= 15 is 0 Å². The molecule has 0 fully saturated rings. The minimum Gasteiger partial charge on any atom is -0.418 e. The van der Waals surface area contributed by atoms with Crippen LogP contribution in [-0.2, 0) is 31.4 Å². The van der Waals surface area contributed by atoms with Crippen LogP contribution in [0.15, 0.2) is 97.6 Å². The van der Waals surface area contributed by atoms with E-state index in [1.54, 1.807) is 0 Å². The highest BCUT2D eigenvalue weighted by molar-refractivity contribution is 7.80. The van der Waals surface area contributed by atoms with Crippen molar-refractivity contribution in [3.05, 3.63) is 120 Å². The lowest BCUT2D eigenvalue weighted by Gasteiger charge is -2.21. The van der Waals surface area contributed by atoms with E-state index in [-0.39, 0.29) is 5.91 Å². The molecule has 1 heterocycles. The van der Waals surface area contributed by atoms with Gasteiger partial charge in [-0.2, -0.15) is 0 Å². The van der Waals surface area contributed by atoms with Gasteiger partial charge in [-0.1, -0.05) is 66.7 Å². The molecule has 12 heteroatoms. The molecule has 0 unspecified atom stereocenters. The second kappa shape index (κ2) is 15.0. The average Bonchev–Trinajstić information content (AvgIpc) is 3.31. The summed E-state index contributed by atoms with van der Waals surface area (Å²) in [6.07, 6.45) is 6.64. The highest BCUT2D eigenvalue weighted by Crippen LogP contribution is 2.11. The van der Waals surface area contributed by atoms with Gasteiger partial charge in [0.05, 0.1) is 7.05 Å². The quantitative estimate of drug-likeness (QED) is 0.110. The molecule has 3 aromatic carbocycles. The predicted molar refractivity (Wildman–Crippen MR) is 158 cm³/mol. The topological polar surface area (TPSA) is 62.0 Å². The summed E-state index contributed by atoms with van der Waals surface area (Å²) in [6, 6.07) is 25.7. The number of carbonyl (C=O) groups excluding carboxylic acids is 1. The fourth-order valence-electron chi connectivity index (χ4n) is 3.99. The Balaban J connectivity index is 0.000000850. The molecule has 1 atom stereocenters. The molecule has 4 rings (SSSR count). The Hall–Kier alpha value is -4.19. The third-order valence-electron chi connectivity index (χ3n) is 5.86. The molecule has 0 aliphatic heterocycles. The van der Waals surface area contributed by atoms with Crippen molar-refractivity contribution in [3.8, 4) is 0 Å². The third kappa shape index (κ3) is 12.3. The van der Waals surface area contributed by atoms with Gasteiger partial charge in [0.1, 0.15) is 25.0 Å². The van der Waals surface area contributed by atoms with Crippen LogP contribution in [0, 0.1) is 6.92 Å². The van der Waals surface area contributed by atoms with Gasteiger partial charge in [-0.15, -0.1) is 0 Å². The van der Waals surface area contributed by atoms with Crippen LogP contribution < -0.4 is 20.5 Å². The Morgan fingerprint density at radius 1 is 0.951 bits per heavy atom. The Kier molecular flexibility index (Phi) is 11.5. The Morgan fingerprint density at radius 3 is 2.22 bits per heavy atom. The number of anilines is 1. The summed E-state index contributed by atoms with van der Waals surface area (Å²) in [4.78, 5) is 13.2. The molecule has 6 nitrogen and oxygen atoms in total. The van der Waals surface area contributed by atoms with E-state index in [0.29, 0.717) is 18.1 Å². The fourth-order valence-corrected chi connectivity index (χ4v) is 4.25. The highest BCUT2D eigenvalue weighted by atomic mass is 32.1. The van der Waals surface area contributed by atoms with Gasteiger partial charge in [0.2, 0.25) is 12.2 Å². The number of aryl methyl sites for hydroxylation is 2. The standard InChI is InChI=1S/C29H31N5OS.BF4/c1-22-7-6-10-26(17-22)31-29(36)32-27(18-23-8-4-3-5-9-23)28(35)30-19-24-11-13-25(14-12-24)20-34-16-15-33(2)21-34;2-1(3,4)5/h3-17,21,27H,18-20H2,1-2H3,(H2-,30,31,32,35,36);/q;-1/p+1/t27-;/m0./s1. The first-order chi connectivity index (χ1) is 19.4. The molecule has 41 heavy (non-hydrogen) atoms. The number of thiocarbonyl (C=S) groups is 1. The number of nitrogens with one attached hydrogen (secondary N) is 3. The zero-order valence-electron chi connectivity index (χ0n) is 22.7. The van der Waals surface area contributed by atoms with Crippen molar-refractivity contribution in [2.45, 2.75) is 32.5 Å². The summed E-state index contributed by atoms with van der Waals surface area (Å²) in [5.74, 6) is -0.101. The number of benzene rings is 3. The molecule has 0 saturated heterocycles. The Bertz CT molecular complexity index is 1410. The second-order valence-electron chi connectivity index (χ2n) is 9.49. The SMILES string of the molecule is Cc1cccc(NC(=S)N[C@@H](Cc2ccccc2)C(=O)NCc2ccc(Cn3cc[n+](C)c3)cc2)c1.F[B-](F)(F)F. The molecular formula is C29H32BF4N5OS. The van der Waals surface area contributed by atoms with Crippen LogP contribution >= 0.6 is 12.2 Å². The summed E-state index contributed by atoms with van der Waals surface area (Å²) in [7, 11) is -3.99. The molecule has 0 saturated carbocycles.